The second-order valence-electron chi connectivity index (χ2n) is 0.399. The first kappa shape index (κ1) is 10.6. The van der Waals surface area contributed by atoms with Crippen molar-refractivity contribution in [1.82, 2.24) is 0 Å². The van der Waals surface area contributed by atoms with Crippen molar-refractivity contribution in [3.8, 4) is 0 Å². The van der Waals surface area contributed by atoms with Crippen LogP contribution in [-0.4, -0.2) is 0 Å². The summed E-state index contributed by atoms with van der Waals surface area (Å²) >= 11 is 14.8. The summed E-state index contributed by atoms with van der Waals surface area (Å²) in [4.78, 5) is 0. The van der Waals surface area contributed by atoms with Gasteiger partial charge in [-0.25, -0.2) is 0 Å². The highest BCUT2D eigenvalue weighted by Gasteiger charge is 1.70. The molecule has 0 aromatic rings. The molecule has 0 bridgehead atoms. The van der Waals surface area contributed by atoms with Crippen molar-refractivity contribution in [3.05, 3.63) is 10.0 Å². The van der Waals surface area contributed by atoms with Gasteiger partial charge in [-0.1, -0.05) is 48.7 Å². The maximum atomic E-state index is 4.96. The second-order valence-corrected chi connectivity index (χ2v) is 1.62. The molecule has 0 saturated heterocycles. The van der Waals surface area contributed by atoms with Crippen LogP contribution in [0.15, 0.2) is 10.0 Å². The fourth-order valence-corrected chi connectivity index (χ4v) is 0. The quantitative estimate of drug-likeness (QED) is 0.510. The summed E-state index contributed by atoms with van der Waals surface area (Å²) in [6, 6.07) is 0. The van der Waals surface area contributed by atoms with Gasteiger partial charge in [-0.3, -0.25) is 0 Å². The van der Waals surface area contributed by atoms with E-state index in [0.29, 0.717) is 0 Å². The third-order valence-electron chi connectivity index (χ3n) is 0.0825. The molecule has 0 rings (SSSR count). The lowest BCUT2D eigenvalue weighted by atomic mass is 11.0. The van der Waals surface area contributed by atoms with E-state index in [9.17, 15) is 0 Å². The first-order valence-corrected chi connectivity index (χ1v) is 3.08. The molecule has 0 fully saturated rings. The molecule has 44 valence electrons. The van der Waals surface area contributed by atoms with E-state index in [4.69, 9.17) is 34.8 Å². The molecule has 0 aromatic heterocycles. The van der Waals surface area contributed by atoms with Crippen LogP contribution in [0.4, 0.5) is 0 Å². The number of halogens is 3. The molecule has 0 radical (unpaired) electrons. The average Bonchev–Trinajstić information content (AvgIpc) is 1.73. The zero-order chi connectivity index (χ0) is 6.28. The van der Waals surface area contributed by atoms with Crippen LogP contribution < -0.4 is 0 Å². The zero-order valence-corrected chi connectivity index (χ0v) is 6.48. The minimum absolute atomic E-state index is 0.0895. The van der Waals surface area contributed by atoms with Gasteiger partial charge in [0, 0.05) is 5.54 Å². The Balaban J connectivity index is 0. The Bertz CT molecular complexity index is 44.9. The summed E-state index contributed by atoms with van der Waals surface area (Å²) < 4.78 is 0.0895. The maximum absolute atomic E-state index is 4.96. The molecule has 0 unspecified atom stereocenters. The first-order chi connectivity index (χ1) is 3.27. The van der Waals surface area contributed by atoms with Crippen molar-refractivity contribution in [2.45, 2.75) is 13.8 Å². The van der Waals surface area contributed by atoms with E-state index in [2.05, 4.69) is 0 Å². The Morgan fingerprint density at radius 2 is 1.43 bits per heavy atom. The van der Waals surface area contributed by atoms with E-state index in [1.54, 1.807) is 0 Å². The van der Waals surface area contributed by atoms with Gasteiger partial charge in [0.25, 0.3) is 0 Å². The first-order valence-electron chi connectivity index (χ1n) is 1.88. The maximum Gasteiger partial charge on any atom is 0.118 e. The van der Waals surface area contributed by atoms with Crippen LogP contribution in [0.1, 0.15) is 13.8 Å². The van der Waals surface area contributed by atoms with Gasteiger partial charge in [-0.2, -0.15) is 0 Å². The van der Waals surface area contributed by atoms with Gasteiger partial charge >= 0.3 is 0 Å². The monoisotopic (exact) mass is 160 g/mol. The van der Waals surface area contributed by atoms with Crippen LogP contribution in [0, 0.1) is 0 Å². The Morgan fingerprint density at radius 1 is 1.29 bits per heavy atom. The second kappa shape index (κ2) is 9.79. The van der Waals surface area contributed by atoms with Gasteiger partial charge < -0.3 is 0 Å². The molecular weight excluding hydrogens is 154 g/mol. The van der Waals surface area contributed by atoms with Crippen LogP contribution in [0.2, 0.25) is 0 Å². The summed E-state index contributed by atoms with van der Waals surface area (Å²) in [5.41, 5.74) is 1.09. The highest BCUT2D eigenvalue weighted by atomic mass is 35.5. The number of hydrogen-bond acceptors (Lipinski definition) is 0. The molecule has 0 aliphatic rings. The lowest BCUT2D eigenvalue weighted by Crippen LogP contribution is -1.33. The normalized spacial score (nSPS) is 5.86. The number of hydrogen-bond donors (Lipinski definition) is 0. The largest absolute Gasteiger partial charge is 0.118 e. The predicted octanol–water partition coefficient (Wildman–Crippen LogP) is 3.53. The molecule has 0 nitrogen and oxygen atoms in total. The molecule has 0 N–H and O–H groups in total. The minimum Gasteiger partial charge on any atom is -0.0904 e. The summed E-state index contributed by atoms with van der Waals surface area (Å²) in [7, 11) is 0. The van der Waals surface area contributed by atoms with Gasteiger partial charge in [0.15, 0.2) is 0 Å². The van der Waals surface area contributed by atoms with Gasteiger partial charge in [0.05, 0.1) is 0 Å². The van der Waals surface area contributed by atoms with Gasteiger partial charge in [0.2, 0.25) is 0 Å². The van der Waals surface area contributed by atoms with Crippen molar-refractivity contribution in [1.29, 1.82) is 0 Å². The third-order valence-corrected chi connectivity index (χ3v) is 0.742. The molecule has 0 atom stereocenters. The minimum atomic E-state index is 0.0895. The lowest BCUT2D eigenvalue weighted by molar-refractivity contribution is 1.50. The van der Waals surface area contributed by atoms with Crippen molar-refractivity contribution >= 4 is 34.8 Å². The van der Waals surface area contributed by atoms with E-state index in [0.717, 1.165) is 5.54 Å². The van der Waals surface area contributed by atoms with Crippen LogP contribution in [0.25, 0.3) is 0 Å². The molecule has 0 aliphatic carbocycles. The van der Waals surface area contributed by atoms with Gasteiger partial charge in [-0.05, 0) is 0 Å². The van der Waals surface area contributed by atoms with Crippen LogP contribution in [0.3, 0.4) is 0 Å². The molecule has 0 aromatic carbocycles. The van der Waals surface area contributed by atoms with E-state index in [-0.39, 0.29) is 4.49 Å². The molecule has 0 spiro atoms. The standard InChI is InChI=1S/C2HCl3.C2H6/c3-1-2(4)5;1-2/h1H;1-2H3. The topological polar surface area (TPSA) is 0 Å². The highest BCUT2D eigenvalue weighted by Crippen LogP contribution is 2.05. The Labute approximate surface area is 59.1 Å². The lowest BCUT2D eigenvalue weighted by Gasteiger charge is -1.64. The Hall–Kier alpha value is 0.610. The predicted molar refractivity (Wildman–Crippen MR) is 37.0 cm³/mol. The van der Waals surface area contributed by atoms with Crippen molar-refractivity contribution < 1.29 is 0 Å². The van der Waals surface area contributed by atoms with Crippen molar-refractivity contribution in [3.63, 3.8) is 0 Å². The smallest absolute Gasteiger partial charge is 0.0904 e. The SMILES string of the molecule is CC.ClC=C(Cl)Cl. The molecule has 7 heavy (non-hydrogen) atoms. The molecule has 0 amide bonds. The van der Waals surface area contributed by atoms with Gasteiger partial charge in [0.1, 0.15) is 4.49 Å². The Morgan fingerprint density at radius 3 is 1.43 bits per heavy atom. The van der Waals surface area contributed by atoms with Crippen LogP contribution in [-0.2, 0) is 0 Å². The van der Waals surface area contributed by atoms with Crippen molar-refractivity contribution in [2.75, 3.05) is 0 Å². The molecular formula is C4H7Cl3. The number of rotatable bonds is 0. The average molecular weight is 161 g/mol. The van der Waals surface area contributed by atoms with Crippen LogP contribution in [0.5, 0.6) is 0 Å². The summed E-state index contributed by atoms with van der Waals surface area (Å²) in [5.74, 6) is 0. The summed E-state index contributed by atoms with van der Waals surface area (Å²) in [5, 5.41) is 0. The summed E-state index contributed by atoms with van der Waals surface area (Å²) in [6.07, 6.45) is 0. The van der Waals surface area contributed by atoms with Crippen molar-refractivity contribution in [2.24, 2.45) is 0 Å². The molecule has 0 aliphatic heterocycles. The summed E-state index contributed by atoms with van der Waals surface area (Å²) in [6.45, 7) is 4.00. The van der Waals surface area contributed by atoms with E-state index >= 15 is 0 Å². The fraction of sp³-hybridized carbons (Fsp3) is 0.500. The van der Waals surface area contributed by atoms with Gasteiger partial charge in [-0.15, -0.1) is 0 Å². The van der Waals surface area contributed by atoms with Crippen LogP contribution >= 0.6 is 34.8 Å². The Kier molecular flexibility index (Phi) is 14.8. The zero-order valence-electron chi connectivity index (χ0n) is 4.21. The molecule has 0 saturated carbocycles. The third kappa shape index (κ3) is 20.6. The van der Waals surface area contributed by atoms with E-state index in [1.165, 1.54) is 0 Å². The highest BCUT2D eigenvalue weighted by molar-refractivity contribution is 6.58. The molecule has 0 heterocycles. The van der Waals surface area contributed by atoms with E-state index in [1.807, 2.05) is 13.8 Å². The fourth-order valence-electron chi connectivity index (χ4n) is 0. The van der Waals surface area contributed by atoms with E-state index < -0.39 is 0 Å². The molecule has 3 heteroatoms.